The Labute approximate surface area is 126 Å². The summed E-state index contributed by atoms with van der Waals surface area (Å²) in [5.41, 5.74) is 0.825. The van der Waals surface area contributed by atoms with Gasteiger partial charge in [-0.3, -0.25) is 0 Å². The molecule has 1 heterocycles. The van der Waals surface area contributed by atoms with Gasteiger partial charge in [0, 0.05) is 25.7 Å². The molecule has 1 aromatic carbocycles. The van der Waals surface area contributed by atoms with Crippen LogP contribution in [0.4, 0.5) is 0 Å². The van der Waals surface area contributed by atoms with Crippen LogP contribution < -0.4 is 10.1 Å². The minimum Gasteiger partial charge on any atom is -0.496 e. The molecule has 0 bridgehead atoms. The molecule has 7 heteroatoms. The predicted molar refractivity (Wildman–Crippen MR) is 81.2 cm³/mol. The zero-order chi connectivity index (χ0) is 14.0. The number of benzene rings is 1. The zero-order valence-corrected chi connectivity index (χ0v) is 13.6. The largest absolute Gasteiger partial charge is 0.496 e. The summed E-state index contributed by atoms with van der Waals surface area (Å²) in [7, 11) is -1.84. The first-order chi connectivity index (χ1) is 8.96. The summed E-state index contributed by atoms with van der Waals surface area (Å²) >= 11 is 0. The number of piperazine rings is 1. The van der Waals surface area contributed by atoms with Crippen molar-refractivity contribution in [2.45, 2.75) is 24.8 Å². The van der Waals surface area contributed by atoms with E-state index >= 15 is 0 Å². The fourth-order valence-electron chi connectivity index (χ4n) is 2.33. The monoisotopic (exact) mass is 320 g/mol. The molecule has 0 spiro atoms. The first kappa shape index (κ1) is 17.2. The highest BCUT2D eigenvalue weighted by molar-refractivity contribution is 7.89. The Balaban J connectivity index is 0.00000200. The van der Waals surface area contributed by atoms with Crippen molar-refractivity contribution in [3.05, 3.63) is 23.8 Å². The average Bonchev–Trinajstić information content (AvgIpc) is 2.39. The molecule has 1 aliphatic heterocycles. The number of aryl methyl sites for hydroxylation is 1. The van der Waals surface area contributed by atoms with E-state index < -0.39 is 10.0 Å². The molecule has 5 nitrogen and oxygen atoms in total. The maximum absolute atomic E-state index is 12.6. The SMILES string of the molecule is COc1ccc(S(=O)(=O)N2CCNC[C@@H]2C)cc1C.Cl. The Morgan fingerprint density at radius 3 is 2.65 bits per heavy atom. The van der Waals surface area contributed by atoms with Gasteiger partial charge in [0.2, 0.25) is 10.0 Å². The van der Waals surface area contributed by atoms with Crippen LogP contribution in [0.2, 0.25) is 0 Å². The van der Waals surface area contributed by atoms with Crippen LogP contribution in [0.3, 0.4) is 0 Å². The van der Waals surface area contributed by atoms with Crippen LogP contribution in [0.25, 0.3) is 0 Å². The van der Waals surface area contributed by atoms with Crippen LogP contribution in [0, 0.1) is 6.92 Å². The van der Waals surface area contributed by atoms with E-state index in [2.05, 4.69) is 5.32 Å². The third-order valence-electron chi connectivity index (χ3n) is 3.41. The lowest BCUT2D eigenvalue weighted by molar-refractivity contribution is 0.284. The summed E-state index contributed by atoms with van der Waals surface area (Å²) in [6, 6.07) is 4.95. The van der Waals surface area contributed by atoms with Crippen LogP contribution in [-0.4, -0.2) is 45.5 Å². The van der Waals surface area contributed by atoms with E-state index in [1.165, 1.54) is 0 Å². The maximum atomic E-state index is 12.6. The summed E-state index contributed by atoms with van der Waals surface area (Å²) < 4.78 is 31.9. The number of rotatable bonds is 3. The average molecular weight is 321 g/mol. The molecule has 0 amide bonds. The highest BCUT2D eigenvalue weighted by Gasteiger charge is 2.31. The maximum Gasteiger partial charge on any atom is 0.243 e. The van der Waals surface area contributed by atoms with E-state index in [1.54, 1.807) is 29.6 Å². The van der Waals surface area contributed by atoms with Crippen LogP contribution in [-0.2, 0) is 10.0 Å². The highest BCUT2D eigenvalue weighted by atomic mass is 35.5. The first-order valence-corrected chi connectivity index (χ1v) is 7.78. The molecular weight excluding hydrogens is 300 g/mol. The number of hydrogen-bond donors (Lipinski definition) is 1. The minimum atomic E-state index is -3.42. The van der Waals surface area contributed by atoms with Gasteiger partial charge in [-0.05, 0) is 37.6 Å². The van der Waals surface area contributed by atoms with Crippen molar-refractivity contribution in [2.75, 3.05) is 26.7 Å². The van der Waals surface area contributed by atoms with Gasteiger partial charge in [0.15, 0.2) is 0 Å². The molecule has 0 radical (unpaired) electrons. The van der Waals surface area contributed by atoms with Crippen molar-refractivity contribution < 1.29 is 13.2 Å². The molecule has 114 valence electrons. The number of hydrogen-bond acceptors (Lipinski definition) is 4. The number of halogens is 1. The molecule has 1 N–H and O–H groups in total. The molecule has 1 aliphatic rings. The second-order valence-corrected chi connectivity index (χ2v) is 6.69. The van der Waals surface area contributed by atoms with Gasteiger partial charge in [0.05, 0.1) is 12.0 Å². The Bertz CT molecular complexity index is 563. The number of ether oxygens (including phenoxy) is 1. The molecule has 2 rings (SSSR count). The van der Waals surface area contributed by atoms with E-state index in [4.69, 9.17) is 4.74 Å². The first-order valence-electron chi connectivity index (χ1n) is 6.34. The summed E-state index contributed by atoms with van der Waals surface area (Å²) in [6.45, 7) is 5.65. The predicted octanol–water partition coefficient (Wildman–Crippen LogP) is 1.41. The quantitative estimate of drug-likeness (QED) is 0.915. The normalized spacial score (nSPS) is 20.2. The highest BCUT2D eigenvalue weighted by Crippen LogP contribution is 2.25. The second-order valence-electron chi connectivity index (χ2n) is 4.80. The van der Waals surface area contributed by atoms with E-state index in [0.29, 0.717) is 30.3 Å². The van der Waals surface area contributed by atoms with Crippen LogP contribution >= 0.6 is 12.4 Å². The molecule has 0 aromatic heterocycles. The van der Waals surface area contributed by atoms with Crippen molar-refractivity contribution >= 4 is 22.4 Å². The van der Waals surface area contributed by atoms with Crippen LogP contribution in [0.15, 0.2) is 23.1 Å². The van der Waals surface area contributed by atoms with E-state index in [0.717, 1.165) is 5.56 Å². The standard InChI is InChI=1S/C13H20N2O3S.ClH/c1-10-8-12(4-5-13(10)18-3)19(16,17)15-7-6-14-9-11(15)2;/h4-5,8,11,14H,6-7,9H2,1-3H3;1H/t11-;/m0./s1. The number of nitrogens with zero attached hydrogens (tertiary/aromatic N) is 1. The fraction of sp³-hybridized carbons (Fsp3) is 0.538. The lowest BCUT2D eigenvalue weighted by Gasteiger charge is -2.32. The third kappa shape index (κ3) is 3.25. The molecule has 20 heavy (non-hydrogen) atoms. The smallest absolute Gasteiger partial charge is 0.243 e. The van der Waals surface area contributed by atoms with Gasteiger partial charge >= 0.3 is 0 Å². The Morgan fingerprint density at radius 2 is 2.10 bits per heavy atom. The molecular formula is C13H21ClN2O3S. The molecule has 0 unspecified atom stereocenters. The van der Waals surface area contributed by atoms with Crippen LogP contribution in [0.5, 0.6) is 5.75 Å². The molecule has 1 fully saturated rings. The lowest BCUT2D eigenvalue weighted by atomic mass is 10.2. The van der Waals surface area contributed by atoms with Crippen molar-refractivity contribution in [2.24, 2.45) is 0 Å². The van der Waals surface area contributed by atoms with Crippen molar-refractivity contribution in [3.8, 4) is 5.75 Å². The molecule has 1 atom stereocenters. The molecule has 0 saturated carbocycles. The Hall–Kier alpha value is -0.820. The molecule has 0 aliphatic carbocycles. The van der Waals surface area contributed by atoms with Crippen molar-refractivity contribution in [3.63, 3.8) is 0 Å². The third-order valence-corrected chi connectivity index (χ3v) is 5.42. The number of methoxy groups -OCH3 is 1. The summed E-state index contributed by atoms with van der Waals surface area (Å²) in [6.07, 6.45) is 0. The zero-order valence-electron chi connectivity index (χ0n) is 11.9. The van der Waals surface area contributed by atoms with Crippen LogP contribution in [0.1, 0.15) is 12.5 Å². The van der Waals surface area contributed by atoms with Gasteiger partial charge in [-0.25, -0.2) is 8.42 Å². The van der Waals surface area contributed by atoms with Crippen molar-refractivity contribution in [1.82, 2.24) is 9.62 Å². The lowest BCUT2D eigenvalue weighted by Crippen LogP contribution is -2.52. The Kier molecular flexibility index (Phi) is 5.82. The van der Waals surface area contributed by atoms with Gasteiger partial charge in [-0.2, -0.15) is 4.31 Å². The van der Waals surface area contributed by atoms with Gasteiger partial charge < -0.3 is 10.1 Å². The van der Waals surface area contributed by atoms with Gasteiger partial charge in [-0.1, -0.05) is 0 Å². The minimum absolute atomic E-state index is 0. The van der Waals surface area contributed by atoms with Gasteiger partial charge in [-0.15, -0.1) is 12.4 Å². The molecule has 1 aromatic rings. The molecule has 1 saturated heterocycles. The topological polar surface area (TPSA) is 58.6 Å². The van der Waals surface area contributed by atoms with E-state index in [-0.39, 0.29) is 18.4 Å². The van der Waals surface area contributed by atoms with E-state index in [1.807, 2.05) is 13.8 Å². The second kappa shape index (κ2) is 6.76. The summed E-state index contributed by atoms with van der Waals surface area (Å²) in [5, 5.41) is 3.19. The van der Waals surface area contributed by atoms with Gasteiger partial charge in [0.1, 0.15) is 5.75 Å². The summed E-state index contributed by atoms with van der Waals surface area (Å²) in [5.74, 6) is 0.701. The van der Waals surface area contributed by atoms with E-state index in [9.17, 15) is 8.42 Å². The number of nitrogens with one attached hydrogen (secondary N) is 1. The van der Waals surface area contributed by atoms with Crippen molar-refractivity contribution in [1.29, 1.82) is 0 Å². The fourth-order valence-corrected chi connectivity index (χ4v) is 4.04. The summed E-state index contributed by atoms with van der Waals surface area (Å²) in [4.78, 5) is 0.333. The van der Waals surface area contributed by atoms with Gasteiger partial charge in [0.25, 0.3) is 0 Å². The number of sulfonamides is 1. The Morgan fingerprint density at radius 1 is 1.40 bits per heavy atom.